The van der Waals surface area contributed by atoms with E-state index in [4.69, 9.17) is 23.8 Å². The highest BCUT2D eigenvalue weighted by Gasteiger charge is 2.12. The molecule has 0 bridgehead atoms. The fourth-order valence-corrected chi connectivity index (χ4v) is 4.20. The summed E-state index contributed by atoms with van der Waals surface area (Å²) in [6.07, 6.45) is 0. The fraction of sp³-hybridized carbons (Fsp3) is 0.176. The zero-order valence-corrected chi connectivity index (χ0v) is 16.9. The number of hydrogen-bond donors (Lipinski definition) is 1. The molecule has 124 valence electrons. The molecule has 3 rings (SSSR count). The van der Waals surface area contributed by atoms with E-state index in [2.05, 4.69) is 57.3 Å². The topological polar surface area (TPSA) is 33.6 Å². The summed E-state index contributed by atoms with van der Waals surface area (Å²) in [6.45, 7) is 2.09. The minimum Gasteiger partial charge on any atom is -0.270 e. The van der Waals surface area contributed by atoms with Gasteiger partial charge in [0, 0.05) is 10.2 Å². The molecule has 1 aromatic heterocycles. The molecule has 0 fully saturated rings. The van der Waals surface area contributed by atoms with Crippen LogP contribution >= 0.6 is 51.5 Å². The van der Waals surface area contributed by atoms with Crippen LogP contribution in [0.2, 0.25) is 5.02 Å². The Kier molecular flexibility index (Phi) is 5.81. The van der Waals surface area contributed by atoms with Gasteiger partial charge in [-0.3, -0.25) is 9.67 Å². The number of hydrogen-bond acceptors (Lipinski definition) is 3. The normalized spacial score (nSPS) is 11.0. The standard InChI is InChI=1S/C17H15BrClN3S2/c1-11-2-4-12(5-3-11)9-24-10-16-20-21-17(23)22(16)15-7-6-13(18)8-14(15)19/h2-8H,9-10H2,1H3,(H,21,23). The lowest BCUT2D eigenvalue weighted by molar-refractivity contribution is 0.949. The van der Waals surface area contributed by atoms with Gasteiger partial charge in [0.1, 0.15) is 5.82 Å². The molecule has 1 N–H and O–H groups in total. The van der Waals surface area contributed by atoms with Crippen molar-refractivity contribution < 1.29 is 0 Å². The summed E-state index contributed by atoms with van der Waals surface area (Å²) in [5.41, 5.74) is 3.41. The Morgan fingerprint density at radius 2 is 1.96 bits per heavy atom. The molecule has 0 saturated carbocycles. The number of aryl methyl sites for hydroxylation is 1. The predicted octanol–water partition coefficient (Wildman–Crippen LogP) is 6.09. The average Bonchev–Trinajstić information content (AvgIpc) is 2.90. The summed E-state index contributed by atoms with van der Waals surface area (Å²) < 4.78 is 3.37. The number of benzene rings is 2. The van der Waals surface area contributed by atoms with Crippen LogP contribution in [0, 0.1) is 11.7 Å². The maximum Gasteiger partial charge on any atom is 0.199 e. The van der Waals surface area contributed by atoms with Crippen LogP contribution < -0.4 is 0 Å². The van der Waals surface area contributed by atoms with Crippen molar-refractivity contribution in [3.8, 4) is 5.69 Å². The lowest BCUT2D eigenvalue weighted by Crippen LogP contribution is -2.01. The Bertz CT molecular complexity index is 903. The third kappa shape index (κ3) is 4.11. The van der Waals surface area contributed by atoms with Gasteiger partial charge in [-0.05, 0) is 42.9 Å². The first-order chi connectivity index (χ1) is 11.5. The second-order valence-corrected chi connectivity index (χ2v) is 8.05. The van der Waals surface area contributed by atoms with Crippen LogP contribution in [-0.4, -0.2) is 14.8 Å². The van der Waals surface area contributed by atoms with Crippen molar-refractivity contribution in [2.75, 3.05) is 0 Å². The van der Waals surface area contributed by atoms with E-state index in [1.165, 1.54) is 11.1 Å². The smallest absolute Gasteiger partial charge is 0.199 e. The predicted molar refractivity (Wildman–Crippen MR) is 108 cm³/mol. The van der Waals surface area contributed by atoms with E-state index < -0.39 is 0 Å². The van der Waals surface area contributed by atoms with E-state index in [0.29, 0.717) is 9.79 Å². The molecule has 0 unspecified atom stereocenters. The lowest BCUT2D eigenvalue weighted by Gasteiger charge is -2.09. The molecule has 3 nitrogen and oxygen atoms in total. The quantitative estimate of drug-likeness (QED) is 0.488. The Balaban J connectivity index is 1.77. The maximum absolute atomic E-state index is 6.36. The van der Waals surface area contributed by atoms with Gasteiger partial charge in [0.2, 0.25) is 0 Å². The SMILES string of the molecule is Cc1ccc(CSCc2n[nH]c(=S)n2-c2ccc(Br)cc2Cl)cc1. The third-order valence-corrected chi connectivity index (χ3v) is 5.58. The molecule has 0 spiro atoms. The first-order valence-corrected chi connectivity index (χ1v) is 10.0. The Labute approximate surface area is 163 Å². The van der Waals surface area contributed by atoms with Crippen molar-refractivity contribution in [3.63, 3.8) is 0 Å². The second kappa shape index (κ2) is 7.87. The van der Waals surface area contributed by atoms with Crippen LogP contribution in [-0.2, 0) is 11.5 Å². The van der Waals surface area contributed by atoms with Gasteiger partial charge < -0.3 is 0 Å². The van der Waals surface area contributed by atoms with Crippen molar-refractivity contribution in [1.29, 1.82) is 0 Å². The highest BCUT2D eigenvalue weighted by molar-refractivity contribution is 9.10. The number of H-pyrrole nitrogens is 1. The molecule has 2 aromatic carbocycles. The van der Waals surface area contributed by atoms with E-state index in [1.54, 1.807) is 11.8 Å². The molecule has 7 heteroatoms. The average molecular weight is 441 g/mol. The molecule has 24 heavy (non-hydrogen) atoms. The highest BCUT2D eigenvalue weighted by Crippen LogP contribution is 2.27. The third-order valence-electron chi connectivity index (χ3n) is 3.51. The number of aromatic nitrogens is 3. The molecular formula is C17H15BrClN3S2. The summed E-state index contributed by atoms with van der Waals surface area (Å²) in [4.78, 5) is 0. The largest absolute Gasteiger partial charge is 0.270 e. The molecule has 0 aliphatic rings. The summed E-state index contributed by atoms with van der Waals surface area (Å²) >= 11 is 17.0. The van der Waals surface area contributed by atoms with Gasteiger partial charge >= 0.3 is 0 Å². The first kappa shape index (κ1) is 17.7. The summed E-state index contributed by atoms with van der Waals surface area (Å²) in [6, 6.07) is 14.3. The second-order valence-electron chi connectivity index (χ2n) is 5.35. The van der Waals surface area contributed by atoms with Gasteiger partial charge in [-0.15, -0.1) is 11.8 Å². The van der Waals surface area contributed by atoms with Gasteiger partial charge in [0.15, 0.2) is 4.77 Å². The molecule has 0 saturated heterocycles. The van der Waals surface area contributed by atoms with Crippen molar-refractivity contribution in [2.24, 2.45) is 0 Å². The molecule has 0 atom stereocenters. The Morgan fingerprint density at radius 3 is 2.67 bits per heavy atom. The number of thioether (sulfide) groups is 1. The van der Waals surface area contributed by atoms with E-state index in [0.717, 1.165) is 27.5 Å². The number of nitrogens with one attached hydrogen (secondary N) is 1. The van der Waals surface area contributed by atoms with E-state index in [9.17, 15) is 0 Å². The lowest BCUT2D eigenvalue weighted by atomic mass is 10.2. The van der Waals surface area contributed by atoms with Crippen LogP contribution in [0.1, 0.15) is 17.0 Å². The highest BCUT2D eigenvalue weighted by atomic mass is 79.9. The summed E-state index contributed by atoms with van der Waals surface area (Å²) in [7, 11) is 0. The number of halogens is 2. The van der Waals surface area contributed by atoms with Crippen molar-refractivity contribution in [1.82, 2.24) is 14.8 Å². The Morgan fingerprint density at radius 1 is 1.21 bits per heavy atom. The van der Waals surface area contributed by atoms with Gasteiger partial charge in [0.05, 0.1) is 16.5 Å². The molecule has 0 radical (unpaired) electrons. The minimum absolute atomic E-state index is 0.546. The minimum atomic E-state index is 0.546. The fourth-order valence-electron chi connectivity index (χ4n) is 2.28. The number of rotatable bonds is 5. The van der Waals surface area contributed by atoms with Crippen LogP contribution in [0.25, 0.3) is 5.69 Å². The molecule has 1 heterocycles. The number of nitrogens with zero attached hydrogens (tertiary/aromatic N) is 2. The molecule has 0 aliphatic heterocycles. The van der Waals surface area contributed by atoms with Gasteiger partial charge in [-0.2, -0.15) is 5.10 Å². The Hall–Kier alpha value is -1.08. The monoisotopic (exact) mass is 439 g/mol. The van der Waals surface area contributed by atoms with Crippen LogP contribution in [0.5, 0.6) is 0 Å². The summed E-state index contributed by atoms with van der Waals surface area (Å²) in [5.74, 6) is 2.53. The first-order valence-electron chi connectivity index (χ1n) is 7.29. The van der Waals surface area contributed by atoms with Crippen LogP contribution in [0.3, 0.4) is 0 Å². The van der Waals surface area contributed by atoms with E-state index in [-0.39, 0.29) is 0 Å². The maximum atomic E-state index is 6.36. The van der Waals surface area contributed by atoms with Crippen molar-refractivity contribution in [3.05, 3.63) is 73.7 Å². The molecule has 3 aromatic rings. The van der Waals surface area contributed by atoms with Crippen molar-refractivity contribution >= 4 is 51.5 Å². The van der Waals surface area contributed by atoms with Crippen molar-refractivity contribution in [2.45, 2.75) is 18.4 Å². The van der Waals surface area contributed by atoms with E-state index >= 15 is 0 Å². The van der Waals surface area contributed by atoms with Crippen LogP contribution in [0.4, 0.5) is 0 Å². The number of aromatic amines is 1. The zero-order chi connectivity index (χ0) is 17.1. The molecular weight excluding hydrogens is 426 g/mol. The van der Waals surface area contributed by atoms with Gasteiger partial charge in [-0.25, -0.2) is 0 Å². The van der Waals surface area contributed by atoms with Gasteiger partial charge in [-0.1, -0.05) is 57.4 Å². The zero-order valence-electron chi connectivity index (χ0n) is 12.9. The summed E-state index contributed by atoms with van der Waals surface area (Å²) in [5, 5.41) is 7.85. The van der Waals surface area contributed by atoms with Crippen LogP contribution in [0.15, 0.2) is 46.9 Å². The van der Waals surface area contributed by atoms with Gasteiger partial charge in [0.25, 0.3) is 0 Å². The molecule has 0 aliphatic carbocycles. The van der Waals surface area contributed by atoms with E-state index in [1.807, 2.05) is 22.8 Å². The molecule has 0 amide bonds.